The Bertz CT molecular complexity index is 1600. The van der Waals surface area contributed by atoms with E-state index < -0.39 is 10.8 Å². The normalized spacial score (nSPS) is 12.9. The van der Waals surface area contributed by atoms with E-state index in [2.05, 4.69) is 72.5 Å². The molecule has 5 nitrogen and oxygen atoms in total. The second-order valence-electron chi connectivity index (χ2n) is 9.11. The molecule has 2 aromatic heterocycles. The Morgan fingerprint density at radius 2 is 1.81 bits per heavy atom. The van der Waals surface area contributed by atoms with Gasteiger partial charge in [-0.25, -0.2) is 0 Å². The lowest BCUT2D eigenvalue weighted by atomic mass is 9.93. The highest BCUT2D eigenvalue weighted by Gasteiger charge is 2.15. The van der Waals surface area contributed by atoms with E-state index in [1.165, 1.54) is 5.56 Å². The van der Waals surface area contributed by atoms with E-state index >= 15 is 0 Å². The van der Waals surface area contributed by atoms with E-state index in [1.54, 1.807) is 13.2 Å². The van der Waals surface area contributed by atoms with Crippen molar-refractivity contribution in [3.63, 3.8) is 0 Å². The van der Waals surface area contributed by atoms with E-state index in [-0.39, 0.29) is 0 Å². The number of rotatable bonds is 6. The van der Waals surface area contributed by atoms with Gasteiger partial charge in [-0.05, 0) is 77.6 Å². The zero-order valence-corrected chi connectivity index (χ0v) is 21.5. The molecule has 180 valence electrons. The summed E-state index contributed by atoms with van der Waals surface area (Å²) in [4.78, 5) is 9.94. The minimum Gasteiger partial charge on any atom is -0.334 e. The van der Waals surface area contributed by atoms with Gasteiger partial charge in [0.2, 0.25) is 0 Å². The van der Waals surface area contributed by atoms with Crippen LogP contribution in [0.5, 0.6) is 0 Å². The maximum Gasteiger partial charge on any atom is 0.258 e. The summed E-state index contributed by atoms with van der Waals surface area (Å²) in [7, 11) is -1.05. The van der Waals surface area contributed by atoms with Crippen LogP contribution in [0.3, 0.4) is 0 Å². The number of fused-ring (bicyclic) bond motifs is 1. The van der Waals surface area contributed by atoms with Gasteiger partial charge in [0.1, 0.15) is 0 Å². The molecule has 0 aliphatic heterocycles. The molecule has 36 heavy (non-hydrogen) atoms. The predicted molar refractivity (Wildman–Crippen MR) is 146 cm³/mol. The summed E-state index contributed by atoms with van der Waals surface area (Å²) >= 11 is 0. The Kier molecular flexibility index (Phi) is 6.61. The van der Waals surface area contributed by atoms with Gasteiger partial charge in [0.05, 0.1) is 5.52 Å². The van der Waals surface area contributed by atoms with Gasteiger partial charge in [-0.3, -0.25) is 9.19 Å². The topological polar surface area (TPSA) is 68.9 Å². The zero-order chi connectivity index (χ0) is 25.2. The predicted octanol–water partition coefficient (Wildman–Crippen LogP) is 7.04. The first-order chi connectivity index (χ1) is 17.4. The van der Waals surface area contributed by atoms with Gasteiger partial charge in [0.25, 0.3) is 5.89 Å². The van der Waals surface area contributed by atoms with Crippen molar-refractivity contribution in [1.82, 2.24) is 15.1 Å². The summed E-state index contributed by atoms with van der Waals surface area (Å²) in [6.45, 7) is 6.21. The molecular weight excluding hydrogens is 466 g/mol. The molecule has 5 rings (SSSR count). The molecule has 0 radical (unpaired) electrons. The highest BCUT2D eigenvalue weighted by Crippen LogP contribution is 2.33. The van der Waals surface area contributed by atoms with Crippen molar-refractivity contribution >= 4 is 33.4 Å². The fourth-order valence-corrected chi connectivity index (χ4v) is 4.75. The van der Waals surface area contributed by atoms with E-state index in [1.807, 2.05) is 36.5 Å². The summed E-state index contributed by atoms with van der Waals surface area (Å²) in [5.74, 6) is 1.42. The lowest BCUT2D eigenvalue weighted by Crippen LogP contribution is -1.93. The van der Waals surface area contributed by atoms with Crippen molar-refractivity contribution in [3.05, 3.63) is 107 Å². The van der Waals surface area contributed by atoms with Crippen LogP contribution in [0.1, 0.15) is 48.2 Å². The van der Waals surface area contributed by atoms with Crippen LogP contribution in [0.25, 0.3) is 33.7 Å². The molecule has 3 aromatic carbocycles. The Labute approximate surface area is 213 Å². The van der Waals surface area contributed by atoms with E-state index in [4.69, 9.17) is 9.51 Å². The molecule has 1 unspecified atom stereocenters. The first-order valence-electron chi connectivity index (χ1n) is 11.8. The number of aromatic nitrogens is 3. The van der Waals surface area contributed by atoms with E-state index in [0.717, 1.165) is 43.6 Å². The van der Waals surface area contributed by atoms with Crippen molar-refractivity contribution in [2.45, 2.75) is 31.6 Å². The second-order valence-corrected chi connectivity index (χ2v) is 10.5. The largest absolute Gasteiger partial charge is 0.334 e. The Balaban J connectivity index is 1.64. The van der Waals surface area contributed by atoms with Crippen LogP contribution in [-0.4, -0.2) is 25.6 Å². The molecule has 0 spiro atoms. The van der Waals surface area contributed by atoms with Crippen molar-refractivity contribution in [2.24, 2.45) is 0 Å². The molecule has 1 atom stereocenters. The van der Waals surface area contributed by atoms with E-state index in [9.17, 15) is 4.21 Å². The van der Waals surface area contributed by atoms with Crippen LogP contribution >= 0.6 is 0 Å². The minimum atomic E-state index is -1.05. The molecule has 0 aliphatic carbocycles. The molecule has 0 fully saturated rings. The minimum absolute atomic E-state index is 0.407. The molecule has 0 bridgehead atoms. The van der Waals surface area contributed by atoms with Crippen LogP contribution in [-0.2, 0) is 10.8 Å². The van der Waals surface area contributed by atoms with Gasteiger partial charge in [-0.2, -0.15) is 4.98 Å². The maximum absolute atomic E-state index is 11.9. The third-order valence-electron chi connectivity index (χ3n) is 6.16. The van der Waals surface area contributed by atoms with Gasteiger partial charge in [-0.1, -0.05) is 55.4 Å². The van der Waals surface area contributed by atoms with Crippen molar-refractivity contribution in [2.75, 3.05) is 6.26 Å². The second kappa shape index (κ2) is 9.99. The molecule has 5 aromatic rings. The standard InChI is InChI=1S/C30H27N3O2S/c1-19(2)25-17-24-9-6-14-31-29(24)27(18-25)23-8-5-7-21(15-23)16-28(30-32-20(3)33-35-30)22-10-12-26(13-11-22)36(4)34/h5-19H,1-4H3. The molecule has 0 saturated carbocycles. The quantitative estimate of drug-likeness (QED) is 0.237. The fraction of sp³-hybridized carbons (Fsp3) is 0.167. The van der Waals surface area contributed by atoms with Crippen molar-refractivity contribution in [3.8, 4) is 11.1 Å². The summed E-state index contributed by atoms with van der Waals surface area (Å²) in [5.41, 5.74) is 7.18. The lowest BCUT2D eigenvalue weighted by Gasteiger charge is -2.13. The number of hydrogen-bond acceptors (Lipinski definition) is 5. The Morgan fingerprint density at radius 3 is 2.50 bits per heavy atom. The van der Waals surface area contributed by atoms with Crippen LogP contribution < -0.4 is 0 Å². The van der Waals surface area contributed by atoms with Gasteiger partial charge < -0.3 is 4.52 Å². The average molecular weight is 494 g/mol. The van der Waals surface area contributed by atoms with Gasteiger partial charge in [-0.15, -0.1) is 0 Å². The van der Waals surface area contributed by atoms with Crippen LogP contribution in [0, 0.1) is 6.92 Å². The number of pyridine rings is 1. The number of aryl methyl sites for hydroxylation is 1. The number of nitrogens with zero attached hydrogens (tertiary/aromatic N) is 3. The van der Waals surface area contributed by atoms with Gasteiger partial charge in [0.15, 0.2) is 5.82 Å². The van der Waals surface area contributed by atoms with Gasteiger partial charge >= 0.3 is 0 Å². The molecule has 0 aliphatic rings. The number of hydrogen-bond donors (Lipinski definition) is 0. The lowest BCUT2D eigenvalue weighted by molar-refractivity contribution is 0.403. The third kappa shape index (κ3) is 4.90. The fourth-order valence-electron chi connectivity index (χ4n) is 4.23. The van der Waals surface area contributed by atoms with Crippen LogP contribution in [0.15, 0.2) is 88.4 Å². The molecule has 6 heteroatoms. The third-order valence-corrected chi connectivity index (χ3v) is 7.09. The SMILES string of the molecule is Cc1noc(C(=Cc2cccc(-c3cc(C(C)C)cc4cccnc34)c2)c2ccc(S(C)=O)cc2)n1. The average Bonchev–Trinajstić information content (AvgIpc) is 3.32. The molecule has 0 amide bonds. The molecule has 0 N–H and O–H groups in total. The summed E-state index contributed by atoms with van der Waals surface area (Å²) < 4.78 is 17.4. The van der Waals surface area contributed by atoms with E-state index in [0.29, 0.717) is 17.6 Å². The van der Waals surface area contributed by atoms with Crippen LogP contribution in [0.2, 0.25) is 0 Å². The van der Waals surface area contributed by atoms with Crippen LogP contribution in [0.4, 0.5) is 0 Å². The highest BCUT2D eigenvalue weighted by molar-refractivity contribution is 7.84. The first kappa shape index (κ1) is 23.8. The molecular formula is C30H27N3O2S. The summed E-state index contributed by atoms with van der Waals surface area (Å²) in [5, 5.41) is 5.13. The first-order valence-corrected chi connectivity index (χ1v) is 13.4. The maximum atomic E-state index is 11.9. The summed E-state index contributed by atoms with van der Waals surface area (Å²) in [6, 6.07) is 24.6. The number of benzene rings is 3. The monoisotopic (exact) mass is 493 g/mol. The Hall–Kier alpha value is -3.90. The Morgan fingerprint density at radius 1 is 1.00 bits per heavy atom. The molecule has 0 saturated heterocycles. The van der Waals surface area contributed by atoms with Crippen molar-refractivity contribution < 1.29 is 8.73 Å². The zero-order valence-electron chi connectivity index (χ0n) is 20.7. The van der Waals surface area contributed by atoms with Crippen molar-refractivity contribution in [1.29, 1.82) is 0 Å². The highest BCUT2D eigenvalue weighted by atomic mass is 32.2. The smallest absolute Gasteiger partial charge is 0.258 e. The molecule has 2 heterocycles. The van der Waals surface area contributed by atoms with Gasteiger partial charge in [0, 0.05) is 44.7 Å². The summed E-state index contributed by atoms with van der Waals surface area (Å²) in [6.07, 6.45) is 5.56.